The number of rotatable bonds is 3. The number of amides is 2. The number of anilines is 1. The van der Waals surface area contributed by atoms with E-state index in [0.717, 1.165) is 12.8 Å². The number of carbonyl (C=O) groups is 2. The van der Waals surface area contributed by atoms with Gasteiger partial charge in [0.2, 0.25) is 5.91 Å². The van der Waals surface area contributed by atoms with Gasteiger partial charge in [0.25, 0.3) is 5.91 Å². The Bertz CT molecular complexity index is 546. The third kappa shape index (κ3) is 3.21. The van der Waals surface area contributed by atoms with E-state index in [1.807, 2.05) is 0 Å². The largest absolute Gasteiger partial charge is 0.350 e. The highest BCUT2D eigenvalue weighted by Gasteiger charge is 2.42. The van der Waals surface area contributed by atoms with Gasteiger partial charge in [-0.05, 0) is 24.3 Å². The predicted octanol–water partition coefficient (Wildman–Crippen LogP) is -0.300. The maximum atomic E-state index is 12.8. The quantitative estimate of drug-likeness (QED) is 0.716. The van der Waals surface area contributed by atoms with Crippen molar-refractivity contribution in [3.63, 3.8) is 0 Å². The summed E-state index contributed by atoms with van der Waals surface area (Å²) >= 11 is 0. The number of hydrogen-bond acceptors (Lipinski definition) is 2. The summed E-state index contributed by atoms with van der Waals surface area (Å²) in [6, 6.07) is 6.29. The van der Waals surface area contributed by atoms with Crippen LogP contribution in [0.15, 0.2) is 24.3 Å². The lowest BCUT2D eigenvalue weighted by Crippen LogP contribution is -3.18. The molecule has 5 nitrogen and oxygen atoms in total. The van der Waals surface area contributed by atoms with Crippen LogP contribution in [-0.2, 0) is 9.59 Å². The fraction of sp³-hybridized carbons (Fsp3) is 0.467. The van der Waals surface area contributed by atoms with Gasteiger partial charge in [0.05, 0.1) is 19.0 Å². The normalized spacial score (nSPS) is 27.9. The van der Waals surface area contributed by atoms with E-state index in [1.165, 1.54) is 17.0 Å². The minimum Gasteiger partial charge on any atom is -0.350 e. The van der Waals surface area contributed by atoms with Crippen LogP contribution in [0.3, 0.4) is 0 Å². The zero-order chi connectivity index (χ0) is 14.8. The number of halogens is 1. The SMILES string of the molecule is O=C1C[C@@H]2CC[C@H](CN1)[NH+]2CC(=O)Nc1ccc(F)cc1. The average molecular weight is 292 g/mol. The summed E-state index contributed by atoms with van der Waals surface area (Å²) in [5.41, 5.74) is 0.595. The summed E-state index contributed by atoms with van der Waals surface area (Å²) in [6.45, 7) is 0.996. The minimum atomic E-state index is -0.325. The highest BCUT2D eigenvalue weighted by molar-refractivity contribution is 5.91. The van der Waals surface area contributed by atoms with E-state index in [9.17, 15) is 14.0 Å². The summed E-state index contributed by atoms with van der Waals surface area (Å²) in [4.78, 5) is 24.9. The first-order valence-electron chi connectivity index (χ1n) is 7.29. The topological polar surface area (TPSA) is 62.6 Å². The smallest absolute Gasteiger partial charge is 0.279 e. The molecule has 0 spiro atoms. The predicted molar refractivity (Wildman–Crippen MR) is 75.3 cm³/mol. The Hall–Kier alpha value is -1.95. The van der Waals surface area contributed by atoms with Gasteiger partial charge < -0.3 is 15.5 Å². The maximum absolute atomic E-state index is 12.8. The first-order chi connectivity index (χ1) is 10.1. The summed E-state index contributed by atoms with van der Waals surface area (Å²) in [5, 5.41) is 5.69. The van der Waals surface area contributed by atoms with Gasteiger partial charge in [-0.15, -0.1) is 0 Å². The van der Waals surface area contributed by atoms with Crippen LogP contribution in [0.1, 0.15) is 19.3 Å². The Balaban J connectivity index is 1.61. The molecule has 2 saturated heterocycles. The summed E-state index contributed by atoms with van der Waals surface area (Å²) in [6.07, 6.45) is 2.54. The standard InChI is InChI=1S/C15H18FN3O2/c16-10-1-3-11(4-2-10)18-15(21)9-19-12-5-6-13(19)8-17-14(20)7-12/h1-4,12-13H,5-9H2,(H,17,20)(H,18,21)/p+1/t12-,13+/m0/s1. The van der Waals surface area contributed by atoms with Crippen LogP contribution in [-0.4, -0.2) is 37.0 Å². The molecule has 2 aliphatic heterocycles. The van der Waals surface area contributed by atoms with Crippen molar-refractivity contribution < 1.29 is 18.9 Å². The number of quaternary nitrogens is 1. The van der Waals surface area contributed by atoms with Crippen molar-refractivity contribution in [2.45, 2.75) is 31.3 Å². The summed E-state index contributed by atoms with van der Waals surface area (Å²) in [5.74, 6) is -0.338. The van der Waals surface area contributed by atoms with E-state index in [-0.39, 0.29) is 23.7 Å². The molecule has 3 N–H and O–H groups in total. The number of fused-ring (bicyclic) bond motifs is 2. The molecular formula is C15H19FN3O2+. The fourth-order valence-electron chi connectivity index (χ4n) is 3.32. The van der Waals surface area contributed by atoms with Gasteiger partial charge in [0.15, 0.2) is 6.54 Å². The molecule has 0 aliphatic carbocycles. The Morgan fingerprint density at radius 2 is 2.00 bits per heavy atom. The molecule has 3 atom stereocenters. The zero-order valence-electron chi connectivity index (χ0n) is 11.7. The molecule has 2 bridgehead atoms. The van der Waals surface area contributed by atoms with Crippen molar-refractivity contribution in [3.8, 4) is 0 Å². The van der Waals surface area contributed by atoms with Gasteiger partial charge in [-0.2, -0.15) is 0 Å². The molecule has 1 aromatic rings. The third-order valence-electron chi connectivity index (χ3n) is 4.38. The van der Waals surface area contributed by atoms with Crippen molar-refractivity contribution in [1.82, 2.24) is 5.32 Å². The number of benzene rings is 1. The van der Waals surface area contributed by atoms with Gasteiger partial charge >= 0.3 is 0 Å². The second kappa shape index (κ2) is 5.81. The van der Waals surface area contributed by atoms with Crippen LogP contribution in [0.25, 0.3) is 0 Å². The van der Waals surface area contributed by atoms with Crippen LogP contribution in [0.4, 0.5) is 10.1 Å². The molecule has 2 amide bonds. The molecule has 0 aromatic heterocycles. The van der Waals surface area contributed by atoms with Crippen molar-refractivity contribution in [1.29, 1.82) is 0 Å². The first-order valence-corrected chi connectivity index (χ1v) is 7.29. The van der Waals surface area contributed by atoms with Crippen LogP contribution in [0.2, 0.25) is 0 Å². The van der Waals surface area contributed by atoms with Crippen molar-refractivity contribution in [2.24, 2.45) is 0 Å². The Morgan fingerprint density at radius 1 is 1.29 bits per heavy atom. The van der Waals surface area contributed by atoms with E-state index < -0.39 is 0 Å². The van der Waals surface area contributed by atoms with E-state index in [1.54, 1.807) is 12.1 Å². The summed E-state index contributed by atoms with van der Waals surface area (Å²) < 4.78 is 12.8. The summed E-state index contributed by atoms with van der Waals surface area (Å²) in [7, 11) is 0. The van der Waals surface area contributed by atoms with Gasteiger partial charge in [-0.3, -0.25) is 9.59 Å². The van der Waals surface area contributed by atoms with Crippen LogP contribution in [0, 0.1) is 5.82 Å². The number of hydrogen-bond donors (Lipinski definition) is 3. The maximum Gasteiger partial charge on any atom is 0.279 e. The lowest BCUT2D eigenvalue weighted by atomic mass is 10.1. The Kier molecular flexibility index (Phi) is 3.88. The Labute approximate surface area is 122 Å². The van der Waals surface area contributed by atoms with Crippen molar-refractivity contribution in [2.75, 3.05) is 18.4 Å². The number of carbonyl (C=O) groups excluding carboxylic acids is 2. The molecule has 112 valence electrons. The molecule has 21 heavy (non-hydrogen) atoms. The lowest BCUT2D eigenvalue weighted by molar-refractivity contribution is -0.925. The monoisotopic (exact) mass is 292 g/mol. The molecular weight excluding hydrogens is 273 g/mol. The molecule has 0 saturated carbocycles. The van der Waals surface area contributed by atoms with Crippen LogP contribution in [0.5, 0.6) is 0 Å². The number of nitrogens with one attached hydrogen (secondary N) is 3. The highest BCUT2D eigenvalue weighted by atomic mass is 19.1. The third-order valence-corrected chi connectivity index (χ3v) is 4.38. The highest BCUT2D eigenvalue weighted by Crippen LogP contribution is 2.13. The average Bonchev–Trinajstić information content (AvgIpc) is 2.72. The lowest BCUT2D eigenvalue weighted by Gasteiger charge is -2.23. The van der Waals surface area contributed by atoms with Gasteiger partial charge in [0, 0.05) is 18.5 Å². The second-order valence-electron chi connectivity index (χ2n) is 5.79. The van der Waals surface area contributed by atoms with Gasteiger partial charge in [-0.25, -0.2) is 4.39 Å². The fourth-order valence-corrected chi connectivity index (χ4v) is 3.32. The molecule has 0 radical (unpaired) electrons. The Morgan fingerprint density at radius 3 is 2.76 bits per heavy atom. The van der Waals surface area contributed by atoms with E-state index in [4.69, 9.17) is 0 Å². The van der Waals surface area contributed by atoms with Crippen molar-refractivity contribution in [3.05, 3.63) is 30.1 Å². The first kappa shape index (κ1) is 14.0. The van der Waals surface area contributed by atoms with Gasteiger partial charge in [-0.1, -0.05) is 0 Å². The molecule has 2 fully saturated rings. The molecule has 1 aromatic carbocycles. The van der Waals surface area contributed by atoms with E-state index in [2.05, 4.69) is 10.6 Å². The minimum absolute atomic E-state index is 0.0821. The van der Waals surface area contributed by atoms with Crippen LogP contribution >= 0.6 is 0 Å². The molecule has 2 aliphatic rings. The molecule has 2 heterocycles. The molecule has 1 unspecified atom stereocenters. The second-order valence-corrected chi connectivity index (χ2v) is 5.79. The van der Waals surface area contributed by atoms with E-state index in [0.29, 0.717) is 31.2 Å². The molecule has 3 rings (SSSR count). The van der Waals surface area contributed by atoms with Crippen LogP contribution < -0.4 is 15.5 Å². The molecule has 6 heteroatoms. The van der Waals surface area contributed by atoms with Crippen molar-refractivity contribution >= 4 is 17.5 Å². The van der Waals surface area contributed by atoms with Gasteiger partial charge in [0.1, 0.15) is 11.9 Å². The zero-order valence-corrected chi connectivity index (χ0v) is 11.7. The van der Waals surface area contributed by atoms with E-state index >= 15 is 0 Å².